The number of amides is 4. The Hall–Kier alpha value is -2.76. The number of ether oxygens (including phenoxy) is 8. The summed E-state index contributed by atoms with van der Waals surface area (Å²) in [6, 6.07) is 0. The highest BCUT2D eigenvalue weighted by Gasteiger charge is 2.60. The molecule has 24 nitrogen and oxygen atoms in total. The first-order valence-electron chi connectivity index (χ1n) is 23.2. The van der Waals surface area contributed by atoms with Crippen LogP contribution >= 0.6 is 0 Å². The second-order valence-corrected chi connectivity index (χ2v) is 19.5. The Bertz CT molecular complexity index is 1480. The van der Waals surface area contributed by atoms with Crippen LogP contribution in [0.3, 0.4) is 0 Å². The lowest BCUT2D eigenvalue weighted by Gasteiger charge is -2.32. The van der Waals surface area contributed by atoms with E-state index in [0.717, 1.165) is 0 Å². The van der Waals surface area contributed by atoms with Gasteiger partial charge in [0.25, 0.3) is 23.6 Å². The number of rotatable bonds is 22. The van der Waals surface area contributed by atoms with E-state index >= 15 is 0 Å². The summed E-state index contributed by atoms with van der Waals surface area (Å²) in [5, 5.41) is 76.8. The van der Waals surface area contributed by atoms with Gasteiger partial charge in [-0.2, -0.15) is 0 Å². The van der Waals surface area contributed by atoms with E-state index in [2.05, 4.69) is 0 Å². The number of aliphatic hydroxyl groups is 8. The Morgan fingerprint density at radius 1 is 0.368 bits per heavy atom. The first-order chi connectivity index (χ1) is 31.4. The Kier molecular flexibility index (Phi) is 22.0. The summed E-state index contributed by atoms with van der Waals surface area (Å²) in [5.41, 5.74) is 0. The third-order valence-corrected chi connectivity index (χ3v) is 10.8. The molecule has 0 aromatic rings. The molecule has 8 N–H and O–H groups in total. The molecule has 4 aliphatic rings. The van der Waals surface area contributed by atoms with Gasteiger partial charge in [0, 0.05) is 52.4 Å². The van der Waals surface area contributed by atoms with E-state index in [0.29, 0.717) is 0 Å². The quantitative estimate of drug-likeness (QED) is 0.0532. The van der Waals surface area contributed by atoms with Gasteiger partial charge in [-0.25, -0.2) is 0 Å². The van der Waals surface area contributed by atoms with Crippen LogP contribution in [0.5, 0.6) is 0 Å². The van der Waals surface area contributed by atoms with Crippen LogP contribution in [0.2, 0.25) is 0 Å². The molecule has 68 heavy (non-hydrogen) atoms. The summed E-state index contributed by atoms with van der Waals surface area (Å²) in [4.78, 5) is 58.6. The molecular weight excluding hydrogens is 904 g/mol. The summed E-state index contributed by atoms with van der Waals surface area (Å²) < 4.78 is 47.7. The van der Waals surface area contributed by atoms with Crippen LogP contribution < -0.4 is 0 Å². The Morgan fingerprint density at radius 2 is 0.544 bits per heavy atom. The van der Waals surface area contributed by atoms with Crippen molar-refractivity contribution in [2.45, 2.75) is 179 Å². The van der Waals surface area contributed by atoms with E-state index in [9.17, 15) is 60.0 Å². The highest BCUT2D eigenvalue weighted by atomic mass is 16.8. The predicted molar refractivity (Wildman–Crippen MR) is 237 cm³/mol. The molecule has 0 aliphatic carbocycles. The molecule has 0 bridgehead atoms. The molecule has 4 aliphatic heterocycles. The maximum atomic E-state index is 13.6. The largest absolute Gasteiger partial charge is 0.395 e. The molecule has 0 saturated carbocycles. The molecule has 0 radical (unpaired) electrons. The van der Waals surface area contributed by atoms with Crippen molar-refractivity contribution < 1.29 is 97.9 Å². The SMILES string of the molecule is CC(O)CN(CC(C)O)C(=O)[C@H]1OC(C)(C)O[C@@H]1[C@@H]1OC(C)(C)O[C@H]1C(=O)N(CC(C)O)CC(C)O.CC1(C)O[C@H]([C@@H]2OC(C)(C)O[C@H]2C(=O)N(CCO)CCO)[C@@H](C(=O)N(CCO)CCO)O1. The minimum atomic E-state index is -1.21. The van der Waals surface area contributed by atoms with Crippen LogP contribution in [-0.4, -0.2) is 259 Å². The average molecular weight is 985 g/mol. The smallest absolute Gasteiger partial charge is 0.254 e. The molecule has 0 spiro atoms. The standard InChI is InChI=1S/C24H44N2O10.C20H36N2O10/c1-13(27)9-25(10-14(2)28)21(31)19-17(33-23(5,6)35-19)18-20(36-24(7,8)34-18)22(32)26(11-15(3)29)12-16(4)30;1-19(2)29-13(15(31-19)17(27)21(5-9-23)6-10-24)14-16(32-20(3,4)30-14)18(28)22(7-11-25)8-12-26/h13-20,27-30H,9-12H2,1-8H3;13-16,23-26H,5-12H2,1-4H3/t13?,14?,15?,16?,17-,18+,19+,20-;13-,14+,15+,16-. The van der Waals surface area contributed by atoms with Gasteiger partial charge in [-0.05, 0) is 83.1 Å². The van der Waals surface area contributed by atoms with Gasteiger partial charge >= 0.3 is 0 Å². The van der Waals surface area contributed by atoms with E-state index in [-0.39, 0.29) is 78.8 Å². The topological polar surface area (TPSA) is 317 Å². The summed E-state index contributed by atoms with van der Waals surface area (Å²) in [7, 11) is 0. The zero-order valence-corrected chi connectivity index (χ0v) is 41.7. The van der Waals surface area contributed by atoms with Crippen LogP contribution in [-0.2, 0) is 57.1 Å². The highest BCUT2D eigenvalue weighted by molar-refractivity contribution is 5.85. The number of nitrogens with zero attached hydrogens (tertiary/aromatic N) is 4. The van der Waals surface area contributed by atoms with Crippen molar-refractivity contribution in [1.82, 2.24) is 19.6 Å². The van der Waals surface area contributed by atoms with Crippen LogP contribution in [0.25, 0.3) is 0 Å². The first-order valence-corrected chi connectivity index (χ1v) is 23.2. The third-order valence-electron chi connectivity index (χ3n) is 10.8. The number of carbonyl (C=O) groups is 4. The molecule has 0 aromatic heterocycles. The van der Waals surface area contributed by atoms with Gasteiger partial charge in [-0.1, -0.05) is 0 Å². The van der Waals surface area contributed by atoms with Crippen LogP contribution in [0.1, 0.15) is 83.1 Å². The Balaban J connectivity index is 0.000000363. The van der Waals surface area contributed by atoms with Gasteiger partial charge in [0.15, 0.2) is 47.6 Å². The molecule has 0 aromatic carbocycles. The van der Waals surface area contributed by atoms with E-state index in [1.54, 1.807) is 55.4 Å². The van der Waals surface area contributed by atoms with E-state index in [1.165, 1.54) is 47.3 Å². The molecule has 4 fully saturated rings. The average Bonchev–Trinajstić information content (AvgIpc) is 3.93. The maximum Gasteiger partial charge on any atom is 0.254 e. The zero-order chi connectivity index (χ0) is 51.7. The van der Waals surface area contributed by atoms with Crippen LogP contribution in [0, 0.1) is 0 Å². The zero-order valence-electron chi connectivity index (χ0n) is 41.7. The number of carbonyl (C=O) groups excluding carboxylic acids is 4. The number of aliphatic hydroxyl groups excluding tert-OH is 8. The van der Waals surface area contributed by atoms with Crippen molar-refractivity contribution >= 4 is 23.6 Å². The normalized spacial score (nSPS) is 29.6. The summed E-state index contributed by atoms with van der Waals surface area (Å²) in [6.45, 7) is 17.7. The van der Waals surface area contributed by atoms with E-state index < -0.39 is 120 Å². The fraction of sp³-hybridized carbons (Fsp3) is 0.909. The van der Waals surface area contributed by atoms with E-state index in [1.807, 2.05) is 0 Å². The summed E-state index contributed by atoms with van der Waals surface area (Å²) in [5.74, 6) is -6.85. The monoisotopic (exact) mass is 985 g/mol. The van der Waals surface area contributed by atoms with Gasteiger partial charge in [0.05, 0.1) is 50.8 Å². The van der Waals surface area contributed by atoms with E-state index in [4.69, 9.17) is 37.9 Å². The molecular formula is C44H80N4O20. The minimum Gasteiger partial charge on any atom is -0.395 e. The van der Waals surface area contributed by atoms with Gasteiger partial charge in [0.1, 0.15) is 24.4 Å². The fourth-order valence-corrected chi connectivity index (χ4v) is 8.53. The van der Waals surface area contributed by atoms with Crippen LogP contribution in [0.4, 0.5) is 0 Å². The highest BCUT2D eigenvalue weighted by Crippen LogP contribution is 2.41. The second kappa shape index (κ2) is 25.1. The summed E-state index contributed by atoms with van der Waals surface area (Å²) in [6.07, 6.45) is -12.4. The van der Waals surface area contributed by atoms with Crippen molar-refractivity contribution in [2.75, 3.05) is 78.8 Å². The minimum absolute atomic E-state index is 0.0109. The van der Waals surface area contributed by atoms with Crippen LogP contribution in [0.15, 0.2) is 0 Å². The van der Waals surface area contributed by atoms with Gasteiger partial charge in [-0.3, -0.25) is 19.2 Å². The molecule has 4 saturated heterocycles. The van der Waals surface area contributed by atoms with Crippen molar-refractivity contribution in [1.29, 1.82) is 0 Å². The van der Waals surface area contributed by atoms with Gasteiger partial charge < -0.3 is 98.3 Å². The molecule has 4 rings (SSSR count). The predicted octanol–water partition coefficient (Wildman–Crippen LogP) is -3.14. The molecule has 396 valence electrons. The van der Waals surface area contributed by atoms with Crippen molar-refractivity contribution in [2.24, 2.45) is 0 Å². The second-order valence-electron chi connectivity index (χ2n) is 19.5. The van der Waals surface area contributed by atoms with Gasteiger partial charge in [0.2, 0.25) is 0 Å². The lowest BCUT2D eigenvalue weighted by Crippen LogP contribution is -2.55. The number of hydrogen-bond donors (Lipinski definition) is 8. The molecule has 4 amide bonds. The molecule has 4 unspecified atom stereocenters. The Morgan fingerprint density at radius 3 is 0.706 bits per heavy atom. The molecule has 4 heterocycles. The molecule has 12 atom stereocenters. The van der Waals surface area contributed by atoms with Gasteiger partial charge in [-0.15, -0.1) is 0 Å². The summed E-state index contributed by atoms with van der Waals surface area (Å²) >= 11 is 0. The maximum absolute atomic E-state index is 13.6. The lowest BCUT2D eigenvalue weighted by atomic mass is 10.0. The molecule has 24 heteroatoms. The number of hydrogen-bond acceptors (Lipinski definition) is 20. The van der Waals surface area contributed by atoms with Crippen molar-refractivity contribution in [3.05, 3.63) is 0 Å². The van der Waals surface area contributed by atoms with Crippen molar-refractivity contribution in [3.63, 3.8) is 0 Å². The fourth-order valence-electron chi connectivity index (χ4n) is 8.53. The Labute approximate surface area is 398 Å². The lowest BCUT2D eigenvalue weighted by molar-refractivity contribution is -0.176. The van der Waals surface area contributed by atoms with Crippen molar-refractivity contribution in [3.8, 4) is 0 Å². The third kappa shape index (κ3) is 16.7. The first kappa shape index (κ1) is 59.5.